The molecular weight excluding hydrogens is 441 g/mol. The van der Waals surface area contributed by atoms with Crippen molar-refractivity contribution in [2.24, 2.45) is 0 Å². The molecular formula is C16H17N2Na2O9P. The van der Waals surface area contributed by atoms with E-state index < -0.39 is 44.4 Å². The third-order valence-electron chi connectivity index (χ3n) is 4.21. The van der Waals surface area contributed by atoms with Crippen LogP contribution < -0.4 is 79.5 Å². The van der Waals surface area contributed by atoms with E-state index in [0.717, 1.165) is 10.6 Å². The van der Waals surface area contributed by atoms with Crippen molar-refractivity contribution in [1.29, 1.82) is 0 Å². The topological polar surface area (TPSA) is 166 Å². The first-order valence-electron chi connectivity index (χ1n) is 8.15. The number of phosphoric ester groups is 1. The normalized spacial score (nSPS) is 22.5. The molecule has 1 aromatic carbocycles. The summed E-state index contributed by atoms with van der Waals surface area (Å²) in [7, 11) is -3.50. The second-order valence-electron chi connectivity index (χ2n) is 6.06. The second-order valence-corrected chi connectivity index (χ2v) is 7.25. The van der Waals surface area contributed by atoms with Gasteiger partial charge >= 0.3 is 64.8 Å². The molecule has 11 nitrogen and oxygen atoms in total. The van der Waals surface area contributed by atoms with Gasteiger partial charge in [-0.25, -0.2) is 9.78 Å². The number of ether oxygens (including phenoxy) is 2. The third kappa shape index (κ3) is 6.86. The minimum absolute atomic E-state index is 0. The monoisotopic (exact) mass is 458 g/mol. The first-order valence-corrected chi connectivity index (χ1v) is 9.64. The van der Waals surface area contributed by atoms with Crippen molar-refractivity contribution in [3.05, 3.63) is 40.8 Å². The predicted molar refractivity (Wildman–Crippen MR) is 90.2 cm³/mol. The molecule has 0 aliphatic carbocycles. The first kappa shape index (κ1) is 27.8. The summed E-state index contributed by atoms with van der Waals surface area (Å²) in [6.45, 7) is -0.630. The van der Waals surface area contributed by atoms with Gasteiger partial charge < -0.3 is 34.0 Å². The molecule has 0 radical (unpaired) electrons. The summed E-state index contributed by atoms with van der Waals surface area (Å²) in [6.07, 6.45) is -3.38. The van der Waals surface area contributed by atoms with Crippen LogP contribution in [0.4, 0.5) is 0 Å². The molecule has 1 saturated heterocycles. The molecule has 3 rings (SSSR count). The molecule has 0 amide bonds. The standard InChI is InChI=1S/C16H19N2O9P.2Na/c1-25-10-4-2-9(3-5-10)11-6-14(20)17-16(21)18(11)15-7-12(19)13(27-15)8-26-28(22,23)24;;/h2-6,12-13,15,19H,7-8H2,1H3,(H,17,20,21)(H2,22,23,24);;/q;2*+1/p-2/t12-,13+,15+;;/m0../s1. The van der Waals surface area contributed by atoms with Gasteiger partial charge in [0.15, 0.2) is 0 Å². The van der Waals surface area contributed by atoms with E-state index in [9.17, 15) is 24.5 Å². The van der Waals surface area contributed by atoms with E-state index in [4.69, 9.17) is 14.4 Å². The molecule has 0 bridgehead atoms. The minimum atomic E-state index is -4.99. The number of aliphatic hydroxyl groups is 1. The van der Waals surface area contributed by atoms with Crippen molar-refractivity contribution in [3.8, 4) is 22.9 Å². The molecule has 1 fully saturated rings. The zero-order chi connectivity index (χ0) is 20.5. The van der Waals surface area contributed by atoms with E-state index in [-0.39, 0.29) is 71.2 Å². The Labute approximate surface area is 215 Å². The van der Waals surface area contributed by atoms with E-state index in [1.807, 2.05) is 0 Å². The largest absolute Gasteiger partial charge is 1.00 e. The number of hydrogen-bond acceptors (Lipinski definition) is 9. The van der Waals surface area contributed by atoms with Gasteiger partial charge in [0.2, 0.25) is 0 Å². The Morgan fingerprint density at radius 2 is 1.97 bits per heavy atom. The van der Waals surface area contributed by atoms with Crippen molar-refractivity contribution >= 4 is 7.82 Å². The summed E-state index contributed by atoms with van der Waals surface area (Å²) in [5.41, 5.74) is -0.161. The summed E-state index contributed by atoms with van der Waals surface area (Å²) in [5.74, 6) is -0.164. The minimum Gasteiger partial charge on any atom is -0.858 e. The Morgan fingerprint density at radius 1 is 1.33 bits per heavy atom. The van der Waals surface area contributed by atoms with Gasteiger partial charge in [-0.05, 0) is 41.8 Å². The smallest absolute Gasteiger partial charge is 0.858 e. The van der Waals surface area contributed by atoms with Gasteiger partial charge in [0.25, 0.3) is 7.82 Å². The van der Waals surface area contributed by atoms with Gasteiger partial charge in [-0.15, -0.1) is 0 Å². The molecule has 1 unspecified atom stereocenters. The molecule has 30 heavy (non-hydrogen) atoms. The second kappa shape index (κ2) is 11.6. The molecule has 1 aromatic heterocycles. The number of phosphoric acid groups is 1. The Kier molecular flexibility index (Phi) is 10.7. The Morgan fingerprint density at radius 3 is 2.53 bits per heavy atom. The Balaban J connectivity index is 0.00000225. The van der Waals surface area contributed by atoms with E-state index >= 15 is 0 Å². The maximum atomic E-state index is 12.4. The summed E-state index contributed by atoms with van der Waals surface area (Å²) >= 11 is 0. The molecule has 2 aromatic rings. The van der Waals surface area contributed by atoms with Gasteiger partial charge in [0.05, 0.1) is 25.5 Å². The average molecular weight is 458 g/mol. The molecule has 4 atom stereocenters. The van der Waals surface area contributed by atoms with Gasteiger partial charge in [-0.3, -0.25) is 9.13 Å². The van der Waals surface area contributed by atoms with Crippen molar-refractivity contribution in [2.45, 2.75) is 24.9 Å². The number of methoxy groups -OCH3 is 1. The van der Waals surface area contributed by atoms with Crippen LogP contribution >= 0.6 is 7.82 Å². The van der Waals surface area contributed by atoms with Crippen molar-refractivity contribution < 1.29 is 97.7 Å². The fourth-order valence-corrected chi connectivity index (χ4v) is 3.26. The van der Waals surface area contributed by atoms with Gasteiger partial charge in [0, 0.05) is 6.42 Å². The summed E-state index contributed by atoms with van der Waals surface area (Å²) in [6, 6.07) is 7.71. The van der Waals surface area contributed by atoms with E-state index in [2.05, 4.69) is 9.51 Å². The third-order valence-corrected chi connectivity index (χ3v) is 4.69. The maximum absolute atomic E-state index is 12.4. The number of aromatic nitrogens is 2. The Hall–Kier alpha value is -0.270. The fourth-order valence-electron chi connectivity index (χ4n) is 2.92. The fraction of sp³-hybridized carbons (Fsp3) is 0.375. The SMILES string of the molecule is COc1ccc(-c2cc([O-])nc(=O)n2[C@H]2C[C@H](O)[C@@H](COP(=O)([O-])O)O2)cc1.[Na+].[Na+]. The number of benzene rings is 1. The van der Waals surface area contributed by atoms with E-state index in [0.29, 0.717) is 11.3 Å². The Bertz CT molecular complexity index is 951. The molecule has 2 heterocycles. The molecule has 14 heteroatoms. The van der Waals surface area contributed by atoms with Crippen LogP contribution in [0.25, 0.3) is 11.3 Å². The van der Waals surface area contributed by atoms with Crippen LogP contribution in [0.2, 0.25) is 0 Å². The summed E-state index contributed by atoms with van der Waals surface area (Å²) in [4.78, 5) is 35.2. The number of nitrogens with zero attached hydrogens (tertiary/aromatic N) is 2. The quantitative estimate of drug-likeness (QED) is 0.314. The van der Waals surface area contributed by atoms with Crippen molar-refractivity contribution in [3.63, 3.8) is 0 Å². The van der Waals surface area contributed by atoms with Crippen LogP contribution in [-0.2, 0) is 13.8 Å². The predicted octanol–water partition coefficient (Wildman–Crippen LogP) is -6.87. The van der Waals surface area contributed by atoms with Crippen LogP contribution in [0.5, 0.6) is 11.6 Å². The van der Waals surface area contributed by atoms with Crippen LogP contribution in [-0.4, -0.2) is 45.5 Å². The zero-order valence-corrected chi connectivity index (χ0v) is 21.5. The maximum Gasteiger partial charge on any atom is 1.00 e. The molecule has 152 valence electrons. The molecule has 1 aliphatic heterocycles. The van der Waals surface area contributed by atoms with Gasteiger partial charge in [-0.2, -0.15) is 0 Å². The summed E-state index contributed by atoms with van der Waals surface area (Å²) in [5, 5.41) is 21.9. The zero-order valence-electron chi connectivity index (χ0n) is 16.6. The van der Waals surface area contributed by atoms with Crippen LogP contribution in [0.15, 0.2) is 35.1 Å². The molecule has 1 aliphatic rings. The molecule has 0 spiro atoms. The van der Waals surface area contributed by atoms with Crippen LogP contribution in [0.1, 0.15) is 12.6 Å². The first-order chi connectivity index (χ1) is 13.2. The summed E-state index contributed by atoms with van der Waals surface area (Å²) < 4.78 is 26.7. The molecule has 2 N–H and O–H groups in total. The number of hydrogen-bond donors (Lipinski definition) is 2. The average Bonchev–Trinajstić information content (AvgIpc) is 2.99. The molecule has 0 saturated carbocycles. The van der Waals surface area contributed by atoms with Crippen molar-refractivity contribution in [1.82, 2.24) is 9.55 Å². The number of aliphatic hydroxyl groups excluding tert-OH is 1. The van der Waals surface area contributed by atoms with Gasteiger partial charge in [0.1, 0.15) is 18.1 Å². The van der Waals surface area contributed by atoms with Gasteiger partial charge in [-0.1, -0.05) is 0 Å². The van der Waals surface area contributed by atoms with Crippen molar-refractivity contribution in [2.75, 3.05) is 13.7 Å². The van der Waals surface area contributed by atoms with E-state index in [1.165, 1.54) is 7.11 Å². The van der Waals surface area contributed by atoms with Crippen LogP contribution in [0, 0.1) is 0 Å². The van der Waals surface area contributed by atoms with Crippen LogP contribution in [0.3, 0.4) is 0 Å². The van der Waals surface area contributed by atoms with E-state index in [1.54, 1.807) is 24.3 Å². The number of rotatable bonds is 6.